The minimum absolute atomic E-state index is 0.0985. The SMILES string of the molecule is CO[C@@H](C)[C@H](N)CNc1ncc(C(N)=O)c(-c2cccc(C)c2)n1. The van der Waals surface area contributed by atoms with Gasteiger partial charge in [-0.2, -0.15) is 0 Å². The fourth-order valence-corrected chi connectivity index (χ4v) is 2.21. The zero-order valence-electron chi connectivity index (χ0n) is 14.1. The molecule has 1 heterocycles. The van der Waals surface area contributed by atoms with Gasteiger partial charge in [-0.15, -0.1) is 0 Å². The van der Waals surface area contributed by atoms with E-state index in [1.54, 1.807) is 7.11 Å². The summed E-state index contributed by atoms with van der Waals surface area (Å²) in [4.78, 5) is 20.3. The summed E-state index contributed by atoms with van der Waals surface area (Å²) >= 11 is 0. The number of aromatic nitrogens is 2. The van der Waals surface area contributed by atoms with Crippen molar-refractivity contribution in [1.82, 2.24) is 9.97 Å². The summed E-state index contributed by atoms with van der Waals surface area (Å²) in [6.45, 7) is 4.30. The second-order valence-electron chi connectivity index (χ2n) is 5.68. The number of ether oxygens (including phenoxy) is 1. The Morgan fingerprint density at radius 3 is 2.79 bits per heavy atom. The zero-order valence-corrected chi connectivity index (χ0v) is 14.1. The fourth-order valence-electron chi connectivity index (χ4n) is 2.21. The highest BCUT2D eigenvalue weighted by Crippen LogP contribution is 2.23. The first-order valence-electron chi connectivity index (χ1n) is 7.68. The van der Waals surface area contributed by atoms with Crippen LogP contribution in [0.1, 0.15) is 22.8 Å². The molecule has 0 radical (unpaired) electrons. The van der Waals surface area contributed by atoms with Gasteiger partial charge in [0.2, 0.25) is 5.95 Å². The number of primary amides is 1. The van der Waals surface area contributed by atoms with Gasteiger partial charge in [0.1, 0.15) is 0 Å². The van der Waals surface area contributed by atoms with Crippen molar-refractivity contribution in [1.29, 1.82) is 0 Å². The van der Waals surface area contributed by atoms with E-state index in [9.17, 15) is 4.79 Å². The molecule has 0 spiro atoms. The zero-order chi connectivity index (χ0) is 17.7. The Morgan fingerprint density at radius 2 is 2.17 bits per heavy atom. The van der Waals surface area contributed by atoms with Gasteiger partial charge in [-0.1, -0.05) is 23.8 Å². The lowest BCUT2D eigenvalue weighted by molar-refractivity contribution is 0.0989. The maximum absolute atomic E-state index is 11.7. The topological polar surface area (TPSA) is 116 Å². The van der Waals surface area contributed by atoms with Crippen LogP contribution in [0.5, 0.6) is 0 Å². The molecule has 7 heteroatoms. The van der Waals surface area contributed by atoms with Gasteiger partial charge in [-0.3, -0.25) is 4.79 Å². The highest BCUT2D eigenvalue weighted by Gasteiger charge is 2.16. The lowest BCUT2D eigenvalue weighted by Gasteiger charge is -2.19. The minimum Gasteiger partial charge on any atom is -0.380 e. The first-order chi connectivity index (χ1) is 11.4. The van der Waals surface area contributed by atoms with Crippen molar-refractivity contribution in [3.8, 4) is 11.3 Å². The minimum atomic E-state index is -0.567. The maximum Gasteiger partial charge on any atom is 0.252 e. The van der Waals surface area contributed by atoms with E-state index in [0.29, 0.717) is 18.2 Å². The van der Waals surface area contributed by atoms with Crippen molar-refractivity contribution >= 4 is 11.9 Å². The van der Waals surface area contributed by atoms with E-state index in [1.807, 2.05) is 38.1 Å². The molecule has 2 rings (SSSR count). The number of hydrogen-bond donors (Lipinski definition) is 3. The molecule has 1 amide bonds. The van der Waals surface area contributed by atoms with Crippen LogP contribution in [-0.2, 0) is 4.74 Å². The van der Waals surface area contributed by atoms with Gasteiger partial charge in [-0.05, 0) is 19.9 Å². The number of nitrogens with one attached hydrogen (secondary N) is 1. The second kappa shape index (κ2) is 7.85. The van der Waals surface area contributed by atoms with Gasteiger partial charge < -0.3 is 21.5 Å². The van der Waals surface area contributed by atoms with E-state index in [0.717, 1.165) is 11.1 Å². The van der Waals surface area contributed by atoms with Crippen molar-refractivity contribution in [2.24, 2.45) is 11.5 Å². The van der Waals surface area contributed by atoms with Crippen LogP contribution in [0.3, 0.4) is 0 Å². The van der Waals surface area contributed by atoms with Gasteiger partial charge in [0.25, 0.3) is 5.91 Å². The number of carbonyl (C=O) groups is 1. The molecule has 2 aromatic rings. The first kappa shape index (κ1) is 17.8. The van der Waals surface area contributed by atoms with Gasteiger partial charge in [0, 0.05) is 31.5 Å². The average Bonchev–Trinajstić information content (AvgIpc) is 2.58. The number of rotatable bonds is 7. The molecule has 0 aliphatic heterocycles. The number of nitrogens with zero attached hydrogens (tertiary/aromatic N) is 2. The summed E-state index contributed by atoms with van der Waals surface area (Å²) in [7, 11) is 1.61. The number of aryl methyl sites for hydroxylation is 1. The number of carbonyl (C=O) groups excluding carboxylic acids is 1. The number of benzene rings is 1. The van der Waals surface area contributed by atoms with Crippen LogP contribution in [-0.4, -0.2) is 41.7 Å². The molecule has 0 saturated carbocycles. The van der Waals surface area contributed by atoms with Crippen molar-refractivity contribution in [2.75, 3.05) is 19.0 Å². The monoisotopic (exact) mass is 329 g/mol. The Morgan fingerprint density at radius 1 is 1.42 bits per heavy atom. The molecule has 1 aromatic carbocycles. The molecule has 0 bridgehead atoms. The highest BCUT2D eigenvalue weighted by molar-refractivity contribution is 5.98. The van der Waals surface area contributed by atoms with E-state index in [2.05, 4.69) is 15.3 Å². The third-order valence-electron chi connectivity index (χ3n) is 3.82. The maximum atomic E-state index is 11.7. The summed E-state index contributed by atoms with van der Waals surface area (Å²) < 4.78 is 5.19. The van der Waals surface area contributed by atoms with E-state index in [-0.39, 0.29) is 17.7 Å². The van der Waals surface area contributed by atoms with Crippen molar-refractivity contribution < 1.29 is 9.53 Å². The van der Waals surface area contributed by atoms with Crippen LogP contribution < -0.4 is 16.8 Å². The van der Waals surface area contributed by atoms with Crippen LogP contribution >= 0.6 is 0 Å². The normalized spacial score (nSPS) is 13.3. The molecule has 5 N–H and O–H groups in total. The molecule has 7 nitrogen and oxygen atoms in total. The summed E-state index contributed by atoms with van der Waals surface area (Å²) in [5.41, 5.74) is 14.1. The smallest absolute Gasteiger partial charge is 0.252 e. The van der Waals surface area contributed by atoms with Crippen molar-refractivity contribution in [3.63, 3.8) is 0 Å². The van der Waals surface area contributed by atoms with Gasteiger partial charge in [0.05, 0.1) is 17.4 Å². The Hall–Kier alpha value is -2.51. The average molecular weight is 329 g/mol. The standard InChI is InChI=1S/C17H23N5O2/c1-10-5-4-6-12(7-10)15-13(16(19)23)8-20-17(22-15)21-9-14(18)11(2)24-3/h4-8,11,14H,9,18H2,1-3H3,(H2,19,23)(H,20,21,22)/t11-,14+/m0/s1. The molecule has 128 valence electrons. The summed E-state index contributed by atoms with van der Waals surface area (Å²) in [6.07, 6.45) is 1.33. The Balaban J connectivity index is 2.30. The highest BCUT2D eigenvalue weighted by atomic mass is 16.5. The van der Waals surface area contributed by atoms with Crippen LogP contribution in [0.15, 0.2) is 30.5 Å². The Kier molecular flexibility index (Phi) is 5.83. The molecule has 0 saturated heterocycles. The van der Waals surface area contributed by atoms with E-state index in [4.69, 9.17) is 16.2 Å². The van der Waals surface area contributed by atoms with E-state index >= 15 is 0 Å². The van der Waals surface area contributed by atoms with Crippen LogP contribution in [0.25, 0.3) is 11.3 Å². The molecular formula is C17H23N5O2. The van der Waals surface area contributed by atoms with E-state index in [1.165, 1.54) is 6.20 Å². The summed E-state index contributed by atoms with van der Waals surface area (Å²) in [6, 6.07) is 7.48. The molecule has 0 aliphatic carbocycles. The van der Waals surface area contributed by atoms with Gasteiger partial charge in [0.15, 0.2) is 0 Å². The van der Waals surface area contributed by atoms with Crippen LogP contribution in [0.4, 0.5) is 5.95 Å². The second-order valence-corrected chi connectivity index (χ2v) is 5.68. The van der Waals surface area contributed by atoms with Crippen LogP contribution in [0, 0.1) is 6.92 Å². The molecule has 0 fully saturated rings. The Labute approximate surface area is 141 Å². The predicted molar refractivity (Wildman–Crippen MR) is 93.7 cm³/mol. The first-order valence-corrected chi connectivity index (χ1v) is 7.68. The number of anilines is 1. The molecule has 1 aromatic heterocycles. The molecule has 0 aliphatic rings. The van der Waals surface area contributed by atoms with Crippen molar-refractivity contribution in [2.45, 2.75) is 26.0 Å². The third kappa shape index (κ3) is 4.27. The predicted octanol–water partition coefficient (Wildman–Crippen LogP) is 1.33. The number of methoxy groups -OCH3 is 1. The molecule has 0 unspecified atom stereocenters. The Bertz CT molecular complexity index is 720. The van der Waals surface area contributed by atoms with Crippen molar-refractivity contribution in [3.05, 3.63) is 41.6 Å². The largest absolute Gasteiger partial charge is 0.380 e. The van der Waals surface area contributed by atoms with Crippen LogP contribution in [0.2, 0.25) is 0 Å². The summed E-state index contributed by atoms with van der Waals surface area (Å²) in [5, 5.41) is 3.07. The molecular weight excluding hydrogens is 306 g/mol. The summed E-state index contributed by atoms with van der Waals surface area (Å²) in [5.74, 6) is -0.182. The van der Waals surface area contributed by atoms with Gasteiger partial charge >= 0.3 is 0 Å². The lowest BCUT2D eigenvalue weighted by Crippen LogP contribution is -2.40. The lowest BCUT2D eigenvalue weighted by atomic mass is 10.0. The number of amides is 1. The molecule has 2 atom stereocenters. The third-order valence-corrected chi connectivity index (χ3v) is 3.82. The van der Waals surface area contributed by atoms with Gasteiger partial charge in [-0.25, -0.2) is 9.97 Å². The molecule has 24 heavy (non-hydrogen) atoms. The number of hydrogen-bond acceptors (Lipinski definition) is 6. The fraction of sp³-hybridized carbons (Fsp3) is 0.353. The van der Waals surface area contributed by atoms with E-state index < -0.39 is 5.91 Å². The quantitative estimate of drug-likeness (QED) is 0.705. The number of nitrogens with two attached hydrogens (primary N) is 2.